The number of aromatic nitrogens is 3. The highest BCUT2D eigenvalue weighted by molar-refractivity contribution is 7.93. The van der Waals surface area contributed by atoms with Crippen molar-refractivity contribution in [2.75, 3.05) is 37.8 Å². The molecule has 2 aliphatic heterocycles. The molecule has 1 aromatic heterocycles. The molecule has 150 valence electrons. The van der Waals surface area contributed by atoms with Crippen molar-refractivity contribution >= 4 is 21.5 Å². The highest BCUT2D eigenvalue weighted by Gasteiger charge is 2.42. The van der Waals surface area contributed by atoms with E-state index in [4.69, 9.17) is 9.84 Å². The Morgan fingerprint density at radius 3 is 2.70 bits per heavy atom. The van der Waals surface area contributed by atoms with Gasteiger partial charge in [-0.05, 0) is 26.7 Å². The Hall–Kier alpha value is -1.85. The molecule has 2 saturated heterocycles. The topological polar surface area (TPSA) is 127 Å². The first-order valence-corrected chi connectivity index (χ1v) is 10.9. The second-order valence-corrected chi connectivity index (χ2v) is 9.47. The molecule has 0 bridgehead atoms. The quantitative estimate of drug-likeness (QED) is 0.732. The average molecular weight is 399 g/mol. The van der Waals surface area contributed by atoms with Gasteiger partial charge in [0, 0.05) is 31.1 Å². The highest BCUT2D eigenvalue weighted by atomic mass is 32.2. The van der Waals surface area contributed by atoms with Gasteiger partial charge in [-0.1, -0.05) is 5.21 Å². The molecule has 0 aliphatic carbocycles. The lowest BCUT2D eigenvalue weighted by Gasteiger charge is -2.45. The van der Waals surface area contributed by atoms with Gasteiger partial charge in [0.15, 0.2) is 5.69 Å². The standard InChI is InChI=1S/C16H25N5O5S/c1-3-21-14(12(2)17-19-21)15(24)18-27(25)8-4-16(5-9-27)11-20(6-7-26-16)13(23)10-22/h22H,3-11H2,1-2H3. The maximum Gasteiger partial charge on any atom is 0.305 e. The number of aliphatic hydroxyl groups is 1. The molecule has 0 radical (unpaired) electrons. The number of hydrogen-bond acceptors (Lipinski definition) is 7. The maximum absolute atomic E-state index is 13.1. The smallest absolute Gasteiger partial charge is 0.305 e. The first-order chi connectivity index (χ1) is 12.8. The van der Waals surface area contributed by atoms with Gasteiger partial charge in [-0.25, -0.2) is 8.89 Å². The van der Waals surface area contributed by atoms with Gasteiger partial charge in [-0.2, -0.15) is 4.36 Å². The van der Waals surface area contributed by atoms with Crippen LogP contribution in [0.4, 0.5) is 0 Å². The third-order valence-electron chi connectivity index (χ3n) is 5.14. The summed E-state index contributed by atoms with van der Waals surface area (Å²) in [6, 6.07) is 0. The van der Waals surface area contributed by atoms with Crippen LogP contribution in [0.15, 0.2) is 4.36 Å². The first-order valence-electron chi connectivity index (χ1n) is 9.01. The molecule has 0 saturated carbocycles. The Labute approximate surface area is 158 Å². The van der Waals surface area contributed by atoms with E-state index in [1.807, 2.05) is 6.92 Å². The van der Waals surface area contributed by atoms with Crippen molar-refractivity contribution in [3.05, 3.63) is 11.4 Å². The number of aryl methyl sites for hydroxylation is 2. The lowest BCUT2D eigenvalue weighted by Crippen LogP contribution is -2.57. The van der Waals surface area contributed by atoms with Crippen LogP contribution in [0, 0.1) is 6.92 Å². The van der Waals surface area contributed by atoms with Crippen LogP contribution >= 0.6 is 0 Å². The molecule has 2 fully saturated rings. The SMILES string of the molecule is CCn1nnc(C)c1C(=O)N=S1(=O)CCC2(CC1)CN(C(=O)CO)CCO2. The fraction of sp³-hybridized carbons (Fsp3) is 0.750. The summed E-state index contributed by atoms with van der Waals surface area (Å²) in [7, 11) is -2.70. The minimum Gasteiger partial charge on any atom is -0.387 e. The van der Waals surface area contributed by atoms with Crippen molar-refractivity contribution < 1.29 is 23.6 Å². The van der Waals surface area contributed by atoms with Crippen molar-refractivity contribution in [1.82, 2.24) is 19.9 Å². The Bertz CT molecular complexity index is 843. The van der Waals surface area contributed by atoms with Gasteiger partial charge in [0.05, 0.1) is 27.6 Å². The number of rotatable bonds is 3. The van der Waals surface area contributed by atoms with E-state index >= 15 is 0 Å². The van der Waals surface area contributed by atoms with E-state index in [1.54, 1.807) is 11.8 Å². The molecule has 1 N–H and O–H groups in total. The molecule has 0 unspecified atom stereocenters. The lowest BCUT2D eigenvalue weighted by atomic mass is 9.94. The van der Waals surface area contributed by atoms with Crippen LogP contribution in [0.1, 0.15) is 35.9 Å². The molecular weight excluding hydrogens is 374 g/mol. The third-order valence-corrected chi connectivity index (χ3v) is 7.33. The summed E-state index contributed by atoms with van der Waals surface area (Å²) in [4.78, 5) is 25.9. The number of aliphatic hydroxyl groups excluding tert-OH is 1. The molecule has 3 rings (SSSR count). The Kier molecular flexibility index (Phi) is 5.63. The fourth-order valence-corrected chi connectivity index (χ4v) is 5.71. The maximum atomic E-state index is 13.1. The van der Waals surface area contributed by atoms with E-state index in [0.717, 1.165) is 0 Å². The summed E-state index contributed by atoms with van der Waals surface area (Å²) in [6.45, 7) is 4.64. The second kappa shape index (κ2) is 7.64. The molecule has 10 nitrogen and oxygen atoms in total. The van der Waals surface area contributed by atoms with Crippen molar-refractivity contribution in [2.24, 2.45) is 4.36 Å². The summed E-state index contributed by atoms with van der Waals surface area (Å²) >= 11 is 0. The Morgan fingerprint density at radius 1 is 1.37 bits per heavy atom. The molecule has 11 heteroatoms. The molecule has 2 aliphatic rings. The van der Waals surface area contributed by atoms with Crippen LogP contribution < -0.4 is 0 Å². The van der Waals surface area contributed by atoms with Gasteiger partial charge in [0.1, 0.15) is 6.61 Å². The zero-order valence-electron chi connectivity index (χ0n) is 15.6. The zero-order valence-corrected chi connectivity index (χ0v) is 16.4. The van der Waals surface area contributed by atoms with Crippen LogP contribution in [-0.4, -0.2) is 84.4 Å². The number of carbonyl (C=O) groups excluding carboxylic acids is 2. The number of hydrogen-bond donors (Lipinski definition) is 1. The van der Waals surface area contributed by atoms with E-state index in [1.165, 1.54) is 4.68 Å². The van der Waals surface area contributed by atoms with Crippen molar-refractivity contribution in [2.45, 2.75) is 38.8 Å². The summed E-state index contributed by atoms with van der Waals surface area (Å²) in [5.41, 5.74) is 0.161. The average Bonchev–Trinajstić information content (AvgIpc) is 3.05. The monoisotopic (exact) mass is 399 g/mol. The molecule has 0 aromatic carbocycles. The van der Waals surface area contributed by atoms with E-state index in [2.05, 4.69) is 14.7 Å². The molecular formula is C16H25N5O5S. The number of nitrogens with zero attached hydrogens (tertiary/aromatic N) is 5. The zero-order chi connectivity index (χ0) is 19.7. The molecule has 0 atom stereocenters. The number of morpholine rings is 1. The summed E-state index contributed by atoms with van der Waals surface area (Å²) in [5, 5.41) is 16.8. The predicted octanol–water partition coefficient (Wildman–Crippen LogP) is -0.402. The fourth-order valence-electron chi connectivity index (χ4n) is 3.55. The van der Waals surface area contributed by atoms with E-state index in [0.29, 0.717) is 44.8 Å². The first kappa shape index (κ1) is 19.9. The lowest BCUT2D eigenvalue weighted by molar-refractivity contribution is -0.154. The molecule has 1 spiro atoms. The van der Waals surface area contributed by atoms with Crippen molar-refractivity contribution in [3.8, 4) is 0 Å². The van der Waals surface area contributed by atoms with Crippen LogP contribution in [0.5, 0.6) is 0 Å². The minimum absolute atomic E-state index is 0.229. The van der Waals surface area contributed by atoms with Gasteiger partial charge in [0.25, 0.3) is 0 Å². The van der Waals surface area contributed by atoms with Crippen molar-refractivity contribution in [1.29, 1.82) is 0 Å². The van der Waals surface area contributed by atoms with Crippen LogP contribution in [0.2, 0.25) is 0 Å². The van der Waals surface area contributed by atoms with Crippen LogP contribution in [0.25, 0.3) is 0 Å². The van der Waals surface area contributed by atoms with E-state index in [-0.39, 0.29) is 23.1 Å². The molecule has 3 heterocycles. The van der Waals surface area contributed by atoms with Gasteiger partial charge in [-0.3, -0.25) is 9.59 Å². The van der Waals surface area contributed by atoms with Gasteiger partial charge in [0.2, 0.25) is 5.91 Å². The Balaban J connectivity index is 1.74. The van der Waals surface area contributed by atoms with Crippen LogP contribution in [-0.2, 0) is 25.8 Å². The number of amides is 2. The highest BCUT2D eigenvalue weighted by Crippen LogP contribution is 2.32. The van der Waals surface area contributed by atoms with E-state index in [9.17, 15) is 13.8 Å². The minimum atomic E-state index is -2.70. The number of carbonyl (C=O) groups is 2. The molecule has 2 amide bonds. The predicted molar refractivity (Wildman–Crippen MR) is 96.7 cm³/mol. The summed E-state index contributed by atoms with van der Waals surface area (Å²) in [6.07, 6.45) is 0.893. The second-order valence-electron chi connectivity index (χ2n) is 6.92. The normalized spacial score (nSPS) is 28.3. The van der Waals surface area contributed by atoms with E-state index < -0.39 is 27.8 Å². The summed E-state index contributed by atoms with van der Waals surface area (Å²) < 4.78 is 24.5. The molecule has 1 aromatic rings. The Morgan fingerprint density at radius 2 is 2.07 bits per heavy atom. The van der Waals surface area contributed by atoms with Gasteiger partial charge >= 0.3 is 5.91 Å². The number of ether oxygens (including phenoxy) is 1. The van der Waals surface area contributed by atoms with Crippen molar-refractivity contribution in [3.63, 3.8) is 0 Å². The van der Waals surface area contributed by atoms with Gasteiger partial charge < -0.3 is 14.7 Å². The van der Waals surface area contributed by atoms with Crippen LogP contribution in [0.3, 0.4) is 0 Å². The summed E-state index contributed by atoms with van der Waals surface area (Å²) in [5.74, 6) is -0.430. The third kappa shape index (κ3) is 4.04. The molecule has 27 heavy (non-hydrogen) atoms. The largest absolute Gasteiger partial charge is 0.387 e. The van der Waals surface area contributed by atoms with Gasteiger partial charge in [-0.15, -0.1) is 5.10 Å².